The number of aliphatic hydroxyl groups excluding tert-OH is 1. The van der Waals surface area contributed by atoms with Gasteiger partial charge in [-0.15, -0.1) is 0 Å². The average molecular weight is 496 g/mol. The Morgan fingerprint density at radius 3 is 2.40 bits per heavy atom. The number of carbonyl (C=O) groups excluding carboxylic acids is 1. The summed E-state index contributed by atoms with van der Waals surface area (Å²) in [6.45, 7) is 1.83. The van der Waals surface area contributed by atoms with Crippen molar-refractivity contribution in [3.8, 4) is 0 Å². The maximum Gasteiger partial charge on any atom is 0.330 e. The molecule has 0 unspecified atom stereocenters. The Kier molecular flexibility index (Phi) is 6.26. The summed E-state index contributed by atoms with van der Waals surface area (Å²) in [5.41, 5.74) is 0.744. The van der Waals surface area contributed by atoms with Crippen molar-refractivity contribution in [2.45, 2.75) is 53.9 Å². The molecule has 3 aromatic rings. The Morgan fingerprint density at radius 2 is 1.77 bits per heavy atom. The number of amides is 1. The SMILES string of the molecule is CCc1cn([C@H]2C[C@H](O)[C@@H](CNC(=O)C3c4ccccc4S(=O)c4ccccc43)O2)c(=O)[nH]c1=O. The summed E-state index contributed by atoms with van der Waals surface area (Å²) < 4.78 is 20.2. The second-order valence-electron chi connectivity index (χ2n) is 8.63. The Bertz CT molecular complexity index is 1380. The Balaban J connectivity index is 1.35. The fourth-order valence-corrected chi connectivity index (χ4v) is 6.15. The van der Waals surface area contributed by atoms with E-state index in [4.69, 9.17) is 4.74 Å². The molecule has 0 aliphatic carbocycles. The summed E-state index contributed by atoms with van der Waals surface area (Å²) in [6, 6.07) is 14.4. The van der Waals surface area contributed by atoms with Gasteiger partial charge in [0.25, 0.3) is 5.56 Å². The Morgan fingerprint density at radius 1 is 1.14 bits per heavy atom. The molecule has 0 saturated carbocycles. The molecule has 3 heterocycles. The minimum absolute atomic E-state index is 0.0269. The molecule has 0 radical (unpaired) electrons. The summed E-state index contributed by atoms with van der Waals surface area (Å²) in [7, 11) is -1.37. The monoisotopic (exact) mass is 495 g/mol. The largest absolute Gasteiger partial charge is 0.390 e. The molecule has 3 atom stereocenters. The van der Waals surface area contributed by atoms with Crippen molar-refractivity contribution in [1.29, 1.82) is 0 Å². The lowest BCUT2D eigenvalue weighted by Crippen LogP contribution is -2.40. The number of ether oxygens (including phenoxy) is 1. The van der Waals surface area contributed by atoms with Crippen molar-refractivity contribution in [3.05, 3.63) is 92.3 Å². The van der Waals surface area contributed by atoms with Gasteiger partial charge in [0.15, 0.2) is 0 Å². The van der Waals surface area contributed by atoms with Crippen LogP contribution in [0.15, 0.2) is 74.1 Å². The first-order valence-electron chi connectivity index (χ1n) is 11.4. The van der Waals surface area contributed by atoms with Crippen LogP contribution >= 0.6 is 0 Å². The number of hydrogen-bond donors (Lipinski definition) is 3. The smallest absolute Gasteiger partial charge is 0.330 e. The van der Waals surface area contributed by atoms with Gasteiger partial charge < -0.3 is 15.2 Å². The third-order valence-electron chi connectivity index (χ3n) is 6.54. The molecule has 1 fully saturated rings. The van der Waals surface area contributed by atoms with E-state index in [9.17, 15) is 23.7 Å². The van der Waals surface area contributed by atoms with Gasteiger partial charge in [-0.2, -0.15) is 0 Å². The van der Waals surface area contributed by atoms with Crippen molar-refractivity contribution >= 4 is 16.7 Å². The zero-order valence-corrected chi connectivity index (χ0v) is 19.8. The third kappa shape index (κ3) is 4.18. The van der Waals surface area contributed by atoms with Gasteiger partial charge in [0.2, 0.25) is 5.91 Å². The number of benzene rings is 2. The van der Waals surface area contributed by atoms with Crippen molar-refractivity contribution < 1.29 is 18.8 Å². The van der Waals surface area contributed by atoms with Gasteiger partial charge in [0.1, 0.15) is 12.3 Å². The van der Waals surface area contributed by atoms with Crippen LogP contribution in [-0.4, -0.2) is 43.5 Å². The molecular formula is C25H25N3O6S. The predicted molar refractivity (Wildman–Crippen MR) is 128 cm³/mol. The van der Waals surface area contributed by atoms with E-state index >= 15 is 0 Å². The molecule has 0 spiro atoms. The second-order valence-corrected chi connectivity index (χ2v) is 10.0. The first kappa shape index (κ1) is 23.4. The summed E-state index contributed by atoms with van der Waals surface area (Å²) in [5, 5.41) is 13.4. The van der Waals surface area contributed by atoms with E-state index in [-0.39, 0.29) is 18.9 Å². The van der Waals surface area contributed by atoms with Crippen LogP contribution < -0.4 is 16.6 Å². The molecule has 9 nitrogen and oxygen atoms in total. The number of aryl methyl sites for hydroxylation is 1. The molecule has 182 valence electrons. The second kappa shape index (κ2) is 9.37. The number of fused-ring (bicyclic) bond motifs is 2. The van der Waals surface area contributed by atoms with Crippen LogP contribution in [0.25, 0.3) is 0 Å². The number of aromatic nitrogens is 2. The number of carbonyl (C=O) groups is 1. The van der Waals surface area contributed by atoms with E-state index in [1.54, 1.807) is 43.3 Å². The highest BCUT2D eigenvalue weighted by atomic mass is 32.2. The van der Waals surface area contributed by atoms with Crippen molar-refractivity contribution in [2.75, 3.05) is 6.54 Å². The lowest BCUT2D eigenvalue weighted by Gasteiger charge is -2.27. The lowest BCUT2D eigenvalue weighted by molar-refractivity contribution is -0.122. The maximum absolute atomic E-state index is 13.4. The van der Waals surface area contributed by atoms with Crippen LogP contribution in [0.2, 0.25) is 0 Å². The van der Waals surface area contributed by atoms with E-state index in [1.807, 2.05) is 12.1 Å². The fraction of sp³-hybridized carbons (Fsp3) is 0.320. The molecule has 10 heteroatoms. The minimum Gasteiger partial charge on any atom is -0.390 e. The molecule has 0 bridgehead atoms. The van der Waals surface area contributed by atoms with Crippen LogP contribution in [0.1, 0.15) is 42.2 Å². The summed E-state index contributed by atoms with van der Waals surface area (Å²) in [4.78, 5) is 41.0. The molecule has 1 aromatic heterocycles. The van der Waals surface area contributed by atoms with Crippen LogP contribution in [0.3, 0.4) is 0 Å². The highest BCUT2D eigenvalue weighted by molar-refractivity contribution is 7.85. The van der Waals surface area contributed by atoms with Crippen LogP contribution in [0.4, 0.5) is 0 Å². The van der Waals surface area contributed by atoms with Gasteiger partial charge in [-0.25, -0.2) is 9.00 Å². The Hall–Kier alpha value is -3.34. The zero-order valence-electron chi connectivity index (χ0n) is 19.0. The molecule has 35 heavy (non-hydrogen) atoms. The normalized spacial score (nSPS) is 25.0. The molecule has 1 saturated heterocycles. The number of hydrogen-bond acceptors (Lipinski definition) is 6. The van der Waals surface area contributed by atoms with E-state index < -0.39 is 46.4 Å². The fourth-order valence-electron chi connectivity index (χ4n) is 4.71. The number of aromatic amines is 1. The highest BCUT2D eigenvalue weighted by Crippen LogP contribution is 2.39. The zero-order chi connectivity index (χ0) is 24.7. The number of aliphatic hydroxyl groups is 1. The van der Waals surface area contributed by atoms with Crippen LogP contribution in [0.5, 0.6) is 0 Å². The van der Waals surface area contributed by atoms with Gasteiger partial charge in [0.05, 0.1) is 22.8 Å². The average Bonchev–Trinajstić information content (AvgIpc) is 3.23. The highest BCUT2D eigenvalue weighted by Gasteiger charge is 2.38. The minimum atomic E-state index is -1.37. The van der Waals surface area contributed by atoms with Crippen molar-refractivity contribution in [3.63, 3.8) is 0 Å². The molecule has 1 amide bonds. The van der Waals surface area contributed by atoms with Gasteiger partial charge in [-0.1, -0.05) is 43.3 Å². The molecule has 5 rings (SSSR count). The topological polar surface area (TPSA) is 130 Å². The van der Waals surface area contributed by atoms with E-state index in [0.29, 0.717) is 32.9 Å². The van der Waals surface area contributed by atoms with E-state index in [0.717, 1.165) is 0 Å². The van der Waals surface area contributed by atoms with E-state index in [2.05, 4.69) is 10.3 Å². The van der Waals surface area contributed by atoms with Crippen LogP contribution in [-0.2, 0) is 26.8 Å². The number of rotatable bonds is 5. The van der Waals surface area contributed by atoms with Gasteiger partial charge in [0, 0.05) is 34.5 Å². The summed E-state index contributed by atoms with van der Waals surface area (Å²) >= 11 is 0. The lowest BCUT2D eigenvalue weighted by atomic mass is 9.89. The number of nitrogens with one attached hydrogen (secondary N) is 2. The number of H-pyrrole nitrogens is 1. The molecule has 2 aromatic carbocycles. The Labute approximate surface area is 203 Å². The third-order valence-corrected chi connectivity index (χ3v) is 8.08. The maximum atomic E-state index is 13.4. The molecular weight excluding hydrogens is 470 g/mol. The predicted octanol–water partition coefficient (Wildman–Crippen LogP) is 1.18. The van der Waals surface area contributed by atoms with Gasteiger partial charge in [-0.3, -0.25) is 19.1 Å². The van der Waals surface area contributed by atoms with Crippen molar-refractivity contribution in [2.24, 2.45) is 0 Å². The van der Waals surface area contributed by atoms with Gasteiger partial charge in [-0.05, 0) is 29.7 Å². The molecule has 2 aliphatic heterocycles. The molecule has 3 N–H and O–H groups in total. The van der Waals surface area contributed by atoms with Crippen LogP contribution in [0, 0.1) is 0 Å². The van der Waals surface area contributed by atoms with E-state index in [1.165, 1.54) is 10.8 Å². The van der Waals surface area contributed by atoms with Crippen molar-refractivity contribution in [1.82, 2.24) is 14.9 Å². The quantitative estimate of drug-likeness (QED) is 0.487. The first-order chi connectivity index (χ1) is 16.9. The first-order valence-corrected chi connectivity index (χ1v) is 12.6. The summed E-state index contributed by atoms with van der Waals surface area (Å²) in [6.07, 6.45) is -0.377. The summed E-state index contributed by atoms with van der Waals surface area (Å²) in [5.74, 6) is -0.946. The standard InChI is InChI=1S/C25H25N3O6S/c1-2-14-13-28(25(32)27-23(14)30)21-11-17(29)18(34-21)12-26-24(31)22-15-7-3-5-9-19(15)35(33)20-10-6-4-8-16(20)22/h3-10,13,17-18,21-22,29H,2,11-12H2,1H3,(H,26,31)(H,27,30,32)/t17-,18+,21+,22?,35?/m0/s1. The molecule has 2 aliphatic rings. The number of nitrogens with zero attached hydrogens (tertiary/aromatic N) is 1. The van der Waals surface area contributed by atoms with Gasteiger partial charge >= 0.3 is 5.69 Å².